The molecule has 0 saturated carbocycles. The summed E-state index contributed by atoms with van der Waals surface area (Å²) in [5, 5.41) is 0. The van der Waals surface area contributed by atoms with Gasteiger partial charge in [0.15, 0.2) is 0 Å². The number of hydrogen-bond donors (Lipinski definition) is 1. The van der Waals surface area contributed by atoms with Crippen LogP contribution in [0, 0.1) is 5.92 Å². The lowest BCUT2D eigenvalue weighted by Gasteiger charge is -2.16. The molecular formula is C6H13ClF3N. The lowest BCUT2D eigenvalue weighted by atomic mass is 10.0. The molecule has 0 aliphatic rings. The van der Waals surface area contributed by atoms with Crippen molar-refractivity contribution in [2.24, 2.45) is 11.7 Å². The van der Waals surface area contributed by atoms with Crippen LogP contribution in [0.3, 0.4) is 0 Å². The summed E-state index contributed by atoms with van der Waals surface area (Å²) in [6.07, 6.45) is -4.23. The van der Waals surface area contributed by atoms with Crippen molar-refractivity contribution in [2.45, 2.75) is 32.5 Å². The molecule has 0 saturated heterocycles. The normalized spacial score (nSPS) is 14.5. The average Bonchev–Trinajstić information content (AvgIpc) is 1.60. The van der Waals surface area contributed by atoms with Crippen molar-refractivity contribution in [2.75, 3.05) is 0 Å². The standard InChI is InChI=1S/C6H12F3N.ClH/c1-4(2)3-5(10)6(7,8)9;/h4-5H,3,10H2,1-2H3;1H/t5-;/m1./s1. The number of rotatable bonds is 2. The Morgan fingerprint density at radius 1 is 1.27 bits per heavy atom. The minimum absolute atomic E-state index is 0. The zero-order valence-corrected chi connectivity index (χ0v) is 7.30. The van der Waals surface area contributed by atoms with Gasteiger partial charge in [0.25, 0.3) is 0 Å². The van der Waals surface area contributed by atoms with Gasteiger partial charge < -0.3 is 5.73 Å². The molecule has 0 aliphatic carbocycles. The quantitative estimate of drug-likeness (QED) is 0.713. The van der Waals surface area contributed by atoms with Gasteiger partial charge in [0.05, 0.1) is 0 Å². The first-order chi connectivity index (χ1) is 4.34. The number of nitrogens with two attached hydrogens (primary N) is 1. The van der Waals surface area contributed by atoms with Gasteiger partial charge in [-0.15, -0.1) is 12.4 Å². The maximum absolute atomic E-state index is 11.7. The Kier molecular flexibility index (Phi) is 5.97. The summed E-state index contributed by atoms with van der Waals surface area (Å²) in [5.74, 6) is -0.00313. The lowest BCUT2D eigenvalue weighted by molar-refractivity contribution is -0.150. The zero-order chi connectivity index (χ0) is 8.36. The molecule has 0 fully saturated rings. The molecule has 0 heterocycles. The Balaban J connectivity index is 0. The van der Waals surface area contributed by atoms with Crippen LogP contribution in [0.2, 0.25) is 0 Å². The third-order valence-electron chi connectivity index (χ3n) is 1.15. The van der Waals surface area contributed by atoms with Crippen molar-refractivity contribution in [1.82, 2.24) is 0 Å². The van der Waals surface area contributed by atoms with Crippen LogP contribution < -0.4 is 5.73 Å². The number of halogens is 4. The van der Waals surface area contributed by atoms with Gasteiger partial charge in [-0.25, -0.2) is 0 Å². The highest BCUT2D eigenvalue weighted by molar-refractivity contribution is 5.85. The van der Waals surface area contributed by atoms with E-state index in [0.29, 0.717) is 0 Å². The summed E-state index contributed by atoms with van der Waals surface area (Å²) >= 11 is 0. The van der Waals surface area contributed by atoms with Crippen LogP contribution in [-0.4, -0.2) is 12.2 Å². The Morgan fingerprint density at radius 3 is 1.73 bits per heavy atom. The predicted octanol–water partition coefficient (Wildman–Crippen LogP) is 2.34. The van der Waals surface area contributed by atoms with Gasteiger partial charge in [0.1, 0.15) is 6.04 Å². The van der Waals surface area contributed by atoms with E-state index in [2.05, 4.69) is 0 Å². The van der Waals surface area contributed by atoms with Gasteiger partial charge in [-0.2, -0.15) is 13.2 Å². The smallest absolute Gasteiger partial charge is 0.320 e. The van der Waals surface area contributed by atoms with Crippen LogP contribution >= 0.6 is 12.4 Å². The fourth-order valence-corrected chi connectivity index (χ4v) is 0.641. The fourth-order valence-electron chi connectivity index (χ4n) is 0.641. The highest BCUT2D eigenvalue weighted by atomic mass is 35.5. The molecule has 1 atom stereocenters. The zero-order valence-electron chi connectivity index (χ0n) is 6.48. The van der Waals surface area contributed by atoms with E-state index in [0.717, 1.165) is 0 Å². The van der Waals surface area contributed by atoms with Crippen molar-refractivity contribution in [3.63, 3.8) is 0 Å². The van der Waals surface area contributed by atoms with Crippen LogP contribution in [0.1, 0.15) is 20.3 Å². The molecule has 0 aromatic carbocycles. The minimum atomic E-state index is -4.23. The molecule has 5 heteroatoms. The molecule has 2 N–H and O–H groups in total. The van der Waals surface area contributed by atoms with Crippen LogP contribution in [-0.2, 0) is 0 Å². The Morgan fingerprint density at radius 2 is 1.64 bits per heavy atom. The van der Waals surface area contributed by atoms with Gasteiger partial charge in [-0.1, -0.05) is 13.8 Å². The second-order valence-corrected chi connectivity index (χ2v) is 2.78. The highest BCUT2D eigenvalue weighted by Gasteiger charge is 2.36. The topological polar surface area (TPSA) is 26.0 Å². The second kappa shape index (κ2) is 4.83. The number of hydrogen-bond acceptors (Lipinski definition) is 1. The first-order valence-corrected chi connectivity index (χ1v) is 3.16. The summed E-state index contributed by atoms with van der Waals surface area (Å²) < 4.78 is 35.1. The van der Waals surface area contributed by atoms with E-state index < -0.39 is 12.2 Å². The summed E-state index contributed by atoms with van der Waals surface area (Å²) in [4.78, 5) is 0. The van der Waals surface area contributed by atoms with Crippen molar-refractivity contribution in [3.05, 3.63) is 0 Å². The highest BCUT2D eigenvalue weighted by Crippen LogP contribution is 2.22. The molecule has 0 rings (SSSR count). The summed E-state index contributed by atoms with van der Waals surface area (Å²) in [6.45, 7) is 3.43. The third-order valence-corrected chi connectivity index (χ3v) is 1.15. The Bertz CT molecular complexity index is 102. The molecule has 1 nitrogen and oxygen atoms in total. The van der Waals surface area contributed by atoms with E-state index in [-0.39, 0.29) is 24.7 Å². The van der Waals surface area contributed by atoms with E-state index in [1.165, 1.54) is 0 Å². The van der Waals surface area contributed by atoms with E-state index in [4.69, 9.17) is 5.73 Å². The molecule has 0 aromatic heterocycles. The molecular weight excluding hydrogens is 179 g/mol. The van der Waals surface area contributed by atoms with E-state index >= 15 is 0 Å². The van der Waals surface area contributed by atoms with Crippen molar-refractivity contribution >= 4 is 12.4 Å². The molecule has 0 radical (unpaired) electrons. The van der Waals surface area contributed by atoms with Crippen molar-refractivity contribution in [1.29, 1.82) is 0 Å². The first kappa shape index (κ1) is 13.6. The van der Waals surface area contributed by atoms with E-state index in [9.17, 15) is 13.2 Å². The molecule has 0 bridgehead atoms. The van der Waals surface area contributed by atoms with Gasteiger partial charge in [-0.3, -0.25) is 0 Å². The summed E-state index contributed by atoms with van der Waals surface area (Å²) in [7, 11) is 0. The average molecular weight is 192 g/mol. The summed E-state index contributed by atoms with van der Waals surface area (Å²) in [5.41, 5.74) is 4.83. The van der Waals surface area contributed by atoms with E-state index in [1.807, 2.05) is 0 Å². The van der Waals surface area contributed by atoms with Gasteiger partial charge in [0, 0.05) is 0 Å². The van der Waals surface area contributed by atoms with E-state index in [1.54, 1.807) is 13.8 Å². The van der Waals surface area contributed by atoms with Crippen LogP contribution in [0.15, 0.2) is 0 Å². The fraction of sp³-hybridized carbons (Fsp3) is 1.00. The van der Waals surface area contributed by atoms with Crippen molar-refractivity contribution < 1.29 is 13.2 Å². The Labute approximate surface area is 70.6 Å². The SMILES string of the molecule is CC(C)C[C@@H](N)C(F)(F)F.Cl. The van der Waals surface area contributed by atoms with Gasteiger partial charge in [-0.05, 0) is 12.3 Å². The Hall–Kier alpha value is 0.0400. The molecule has 0 unspecified atom stereocenters. The maximum atomic E-state index is 11.7. The first-order valence-electron chi connectivity index (χ1n) is 3.16. The molecule has 11 heavy (non-hydrogen) atoms. The molecule has 0 aromatic rings. The van der Waals surface area contributed by atoms with Gasteiger partial charge >= 0.3 is 6.18 Å². The molecule has 0 aliphatic heterocycles. The third kappa shape index (κ3) is 6.44. The van der Waals surface area contributed by atoms with Crippen molar-refractivity contribution in [3.8, 4) is 0 Å². The lowest BCUT2D eigenvalue weighted by Crippen LogP contribution is -2.38. The summed E-state index contributed by atoms with van der Waals surface area (Å²) in [6, 6.07) is -1.66. The largest absolute Gasteiger partial charge is 0.403 e. The van der Waals surface area contributed by atoms with Gasteiger partial charge in [0.2, 0.25) is 0 Å². The second-order valence-electron chi connectivity index (χ2n) is 2.78. The monoisotopic (exact) mass is 191 g/mol. The molecule has 0 spiro atoms. The minimum Gasteiger partial charge on any atom is -0.320 e. The van der Waals surface area contributed by atoms with Crippen LogP contribution in [0.25, 0.3) is 0 Å². The maximum Gasteiger partial charge on any atom is 0.403 e. The van der Waals surface area contributed by atoms with Crippen LogP contribution in [0.4, 0.5) is 13.2 Å². The predicted molar refractivity (Wildman–Crippen MR) is 40.7 cm³/mol. The molecule has 70 valence electrons. The molecule has 0 amide bonds. The number of alkyl halides is 3. The van der Waals surface area contributed by atoms with Crippen LogP contribution in [0.5, 0.6) is 0 Å².